The van der Waals surface area contributed by atoms with E-state index in [1.165, 1.54) is 5.56 Å². The number of hydrogen-bond donors (Lipinski definition) is 0. The van der Waals surface area contributed by atoms with Crippen molar-refractivity contribution in [3.63, 3.8) is 0 Å². The highest BCUT2D eigenvalue weighted by Crippen LogP contribution is 2.34. The number of benzene rings is 3. The van der Waals surface area contributed by atoms with Gasteiger partial charge in [-0.15, -0.1) is 0 Å². The minimum atomic E-state index is 0.414. The van der Waals surface area contributed by atoms with Gasteiger partial charge in [-0.3, -0.25) is 4.99 Å². The number of aliphatic imine (C=N–C) groups is 1. The maximum Gasteiger partial charge on any atom is 0.157 e. The fourth-order valence-corrected chi connectivity index (χ4v) is 2.91. The Balaban J connectivity index is 1.74. The van der Waals surface area contributed by atoms with Crippen LogP contribution in [-0.2, 0) is 6.61 Å². The van der Waals surface area contributed by atoms with Gasteiger partial charge in [0.05, 0.1) is 15.7 Å². The second-order valence-electron chi connectivity index (χ2n) is 5.68. The van der Waals surface area contributed by atoms with Crippen LogP contribution in [0.1, 0.15) is 16.7 Å². The Kier molecular flexibility index (Phi) is 5.75. The highest BCUT2D eigenvalue weighted by atomic mass is 35.5. The molecule has 0 amide bonds. The molecule has 0 aromatic heterocycles. The van der Waals surface area contributed by atoms with Gasteiger partial charge in [0.2, 0.25) is 0 Å². The molecule has 0 fully saturated rings. The molecule has 0 radical (unpaired) electrons. The maximum absolute atomic E-state index is 6.33. The van der Waals surface area contributed by atoms with Crippen LogP contribution in [0.4, 0.5) is 5.69 Å². The van der Waals surface area contributed by atoms with Crippen molar-refractivity contribution in [3.8, 4) is 5.75 Å². The molecule has 0 bridgehead atoms. The van der Waals surface area contributed by atoms with E-state index in [2.05, 4.69) is 4.99 Å². The summed E-state index contributed by atoms with van der Waals surface area (Å²) >= 11 is 12.7. The Morgan fingerprint density at radius 2 is 1.56 bits per heavy atom. The Labute approximate surface area is 157 Å². The first kappa shape index (κ1) is 17.5. The standard InChI is InChI=1S/C21H17Cl2NO/c1-15-7-9-18(10-8-15)24-13-17-11-19(22)21(20(23)12-17)25-14-16-5-3-2-4-6-16/h2-13H,14H2,1H3. The molecule has 3 aromatic carbocycles. The van der Waals surface area contributed by atoms with Gasteiger partial charge in [0.1, 0.15) is 6.61 Å². The van der Waals surface area contributed by atoms with Crippen LogP contribution < -0.4 is 4.74 Å². The van der Waals surface area contributed by atoms with E-state index in [4.69, 9.17) is 27.9 Å². The molecule has 0 unspecified atom stereocenters. The smallest absolute Gasteiger partial charge is 0.157 e. The molecule has 4 heteroatoms. The molecule has 126 valence electrons. The second-order valence-corrected chi connectivity index (χ2v) is 6.50. The zero-order chi connectivity index (χ0) is 17.6. The quantitative estimate of drug-likeness (QED) is 0.462. The molecule has 0 aliphatic carbocycles. The van der Waals surface area contributed by atoms with Crippen molar-refractivity contribution in [2.24, 2.45) is 4.99 Å². The molecule has 0 aliphatic heterocycles. The summed E-state index contributed by atoms with van der Waals surface area (Å²) < 4.78 is 5.78. The van der Waals surface area contributed by atoms with Gasteiger partial charge < -0.3 is 4.74 Å². The summed E-state index contributed by atoms with van der Waals surface area (Å²) in [7, 11) is 0. The van der Waals surface area contributed by atoms with Crippen LogP contribution >= 0.6 is 23.2 Å². The Bertz CT molecular complexity index is 851. The van der Waals surface area contributed by atoms with Crippen molar-refractivity contribution < 1.29 is 4.74 Å². The van der Waals surface area contributed by atoms with Crippen LogP contribution in [0.5, 0.6) is 5.75 Å². The summed E-state index contributed by atoms with van der Waals surface area (Å²) in [5.74, 6) is 0.486. The lowest BCUT2D eigenvalue weighted by Gasteiger charge is -2.11. The number of nitrogens with zero attached hydrogens (tertiary/aromatic N) is 1. The summed E-state index contributed by atoms with van der Waals surface area (Å²) in [5, 5.41) is 0.933. The van der Waals surface area contributed by atoms with Gasteiger partial charge in [0.15, 0.2) is 5.75 Å². The third kappa shape index (κ3) is 4.85. The van der Waals surface area contributed by atoms with E-state index >= 15 is 0 Å². The van der Waals surface area contributed by atoms with Gasteiger partial charge >= 0.3 is 0 Å². The van der Waals surface area contributed by atoms with Crippen molar-refractivity contribution in [1.29, 1.82) is 0 Å². The van der Waals surface area contributed by atoms with Crippen molar-refractivity contribution in [2.45, 2.75) is 13.5 Å². The molecular formula is C21H17Cl2NO. The molecule has 0 atom stereocenters. The summed E-state index contributed by atoms with van der Waals surface area (Å²) in [6.45, 7) is 2.46. The Morgan fingerprint density at radius 3 is 2.20 bits per heavy atom. The predicted molar refractivity (Wildman–Crippen MR) is 106 cm³/mol. The molecule has 3 aromatic rings. The molecule has 0 spiro atoms. The van der Waals surface area contributed by atoms with E-state index in [0.717, 1.165) is 16.8 Å². The summed E-state index contributed by atoms with van der Waals surface area (Å²) in [5.41, 5.74) is 3.95. The van der Waals surface area contributed by atoms with E-state index in [1.54, 1.807) is 18.3 Å². The van der Waals surface area contributed by atoms with Gasteiger partial charge in [-0.05, 0) is 42.3 Å². The average molecular weight is 370 g/mol. The SMILES string of the molecule is Cc1ccc(N=Cc2cc(Cl)c(OCc3ccccc3)c(Cl)c2)cc1. The summed E-state index contributed by atoms with van der Waals surface area (Å²) in [6, 6.07) is 21.4. The minimum Gasteiger partial charge on any atom is -0.486 e. The summed E-state index contributed by atoms with van der Waals surface area (Å²) in [6.07, 6.45) is 1.74. The molecule has 2 nitrogen and oxygen atoms in total. The van der Waals surface area contributed by atoms with E-state index in [9.17, 15) is 0 Å². The third-order valence-electron chi connectivity index (χ3n) is 3.64. The van der Waals surface area contributed by atoms with E-state index < -0.39 is 0 Å². The van der Waals surface area contributed by atoms with Crippen molar-refractivity contribution in [1.82, 2.24) is 0 Å². The molecule has 0 saturated carbocycles. The molecule has 0 aliphatic rings. The first-order valence-electron chi connectivity index (χ1n) is 7.88. The monoisotopic (exact) mass is 369 g/mol. The first-order chi connectivity index (χ1) is 12.1. The number of rotatable bonds is 5. The number of ether oxygens (including phenoxy) is 1. The Hall–Kier alpha value is -2.29. The average Bonchev–Trinajstić information content (AvgIpc) is 2.61. The van der Waals surface area contributed by atoms with Gasteiger partial charge in [0, 0.05) is 6.21 Å². The van der Waals surface area contributed by atoms with Crippen LogP contribution in [0.15, 0.2) is 71.7 Å². The van der Waals surface area contributed by atoms with Gasteiger partial charge in [0.25, 0.3) is 0 Å². The lowest BCUT2D eigenvalue weighted by molar-refractivity contribution is 0.306. The van der Waals surface area contributed by atoms with Crippen LogP contribution in [0.25, 0.3) is 0 Å². The van der Waals surface area contributed by atoms with Crippen molar-refractivity contribution in [2.75, 3.05) is 0 Å². The fraction of sp³-hybridized carbons (Fsp3) is 0.0952. The van der Waals surface area contributed by atoms with Gasteiger partial charge in [-0.1, -0.05) is 71.2 Å². The van der Waals surface area contributed by atoms with E-state index in [0.29, 0.717) is 22.4 Å². The maximum atomic E-state index is 6.33. The van der Waals surface area contributed by atoms with Gasteiger partial charge in [-0.2, -0.15) is 0 Å². The number of halogens is 2. The van der Waals surface area contributed by atoms with Crippen LogP contribution in [-0.4, -0.2) is 6.21 Å². The lowest BCUT2D eigenvalue weighted by Crippen LogP contribution is -1.97. The molecule has 0 saturated heterocycles. The Morgan fingerprint density at radius 1 is 0.920 bits per heavy atom. The minimum absolute atomic E-state index is 0.414. The molecule has 0 N–H and O–H groups in total. The highest BCUT2D eigenvalue weighted by Gasteiger charge is 2.09. The lowest BCUT2D eigenvalue weighted by atomic mass is 10.2. The largest absolute Gasteiger partial charge is 0.486 e. The summed E-state index contributed by atoms with van der Waals surface area (Å²) in [4.78, 5) is 4.44. The second kappa shape index (κ2) is 8.19. The zero-order valence-corrected chi connectivity index (χ0v) is 15.3. The molecule has 3 rings (SSSR count). The van der Waals surface area contributed by atoms with E-state index in [-0.39, 0.29) is 0 Å². The van der Waals surface area contributed by atoms with Gasteiger partial charge in [-0.25, -0.2) is 0 Å². The number of hydrogen-bond acceptors (Lipinski definition) is 2. The predicted octanol–water partition coefficient (Wildman–Crippen LogP) is 6.63. The van der Waals surface area contributed by atoms with Crippen LogP contribution in [0, 0.1) is 6.92 Å². The molecule has 25 heavy (non-hydrogen) atoms. The van der Waals surface area contributed by atoms with Crippen LogP contribution in [0.3, 0.4) is 0 Å². The van der Waals surface area contributed by atoms with Crippen molar-refractivity contribution >= 4 is 35.1 Å². The van der Waals surface area contributed by atoms with E-state index in [1.807, 2.05) is 61.5 Å². The normalized spacial score (nSPS) is 11.0. The first-order valence-corrected chi connectivity index (χ1v) is 8.64. The topological polar surface area (TPSA) is 21.6 Å². The number of aryl methyl sites for hydroxylation is 1. The van der Waals surface area contributed by atoms with Crippen molar-refractivity contribution in [3.05, 3.63) is 93.5 Å². The molecule has 0 heterocycles. The zero-order valence-electron chi connectivity index (χ0n) is 13.7. The fourth-order valence-electron chi connectivity index (χ4n) is 2.30. The molecular weight excluding hydrogens is 353 g/mol. The van der Waals surface area contributed by atoms with Crippen LogP contribution in [0.2, 0.25) is 10.0 Å². The third-order valence-corrected chi connectivity index (χ3v) is 4.20. The highest BCUT2D eigenvalue weighted by molar-refractivity contribution is 6.37.